The Balaban J connectivity index is 1.58. The van der Waals surface area contributed by atoms with E-state index in [0.29, 0.717) is 41.3 Å². The summed E-state index contributed by atoms with van der Waals surface area (Å²) < 4.78 is 24.6. The van der Waals surface area contributed by atoms with Crippen LogP contribution in [0.5, 0.6) is 11.6 Å². The largest absolute Gasteiger partial charge is 0.437 e. The molecule has 29 heavy (non-hydrogen) atoms. The third kappa shape index (κ3) is 5.60. The third-order valence-corrected chi connectivity index (χ3v) is 4.59. The van der Waals surface area contributed by atoms with Gasteiger partial charge in [-0.05, 0) is 52.7 Å². The number of pyridine rings is 1. The van der Waals surface area contributed by atoms with Crippen LogP contribution in [-0.4, -0.2) is 27.6 Å². The van der Waals surface area contributed by atoms with Crippen molar-refractivity contribution in [1.82, 2.24) is 20.4 Å². The zero-order chi connectivity index (χ0) is 20.8. The van der Waals surface area contributed by atoms with Crippen LogP contribution in [0, 0.1) is 5.82 Å². The van der Waals surface area contributed by atoms with E-state index < -0.39 is 5.82 Å². The molecule has 0 aliphatic heterocycles. The maximum Gasteiger partial charge on any atom is 0.256 e. The highest BCUT2D eigenvalue weighted by Crippen LogP contribution is 2.30. The van der Waals surface area contributed by atoms with Gasteiger partial charge in [0.25, 0.3) is 5.91 Å². The summed E-state index contributed by atoms with van der Waals surface area (Å²) >= 11 is 3.24. The first-order chi connectivity index (χ1) is 13.9. The van der Waals surface area contributed by atoms with Crippen molar-refractivity contribution in [3.63, 3.8) is 0 Å². The number of benzene rings is 1. The van der Waals surface area contributed by atoms with E-state index in [4.69, 9.17) is 9.26 Å². The molecule has 0 spiro atoms. The second kappa shape index (κ2) is 9.60. The lowest BCUT2D eigenvalue weighted by molar-refractivity contribution is 0.0950. The molecule has 7 nitrogen and oxygen atoms in total. The number of aryl methyl sites for hydroxylation is 1. The van der Waals surface area contributed by atoms with Crippen molar-refractivity contribution in [2.75, 3.05) is 6.54 Å². The van der Waals surface area contributed by atoms with Crippen LogP contribution in [0.2, 0.25) is 0 Å². The second-order valence-electron chi connectivity index (χ2n) is 6.59. The Kier molecular flexibility index (Phi) is 6.92. The van der Waals surface area contributed by atoms with Crippen molar-refractivity contribution in [3.8, 4) is 11.6 Å². The molecule has 0 aliphatic carbocycles. The van der Waals surface area contributed by atoms with E-state index >= 15 is 0 Å². The van der Waals surface area contributed by atoms with Gasteiger partial charge in [0, 0.05) is 25.1 Å². The van der Waals surface area contributed by atoms with Gasteiger partial charge in [-0.25, -0.2) is 9.37 Å². The van der Waals surface area contributed by atoms with Crippen molar-refractivity contribution in [1.29, 1.82) is 0 Å². The predicted octanol–water partition coefficient (Wildman–Crippen LogP) is 4.64. The van der Waals surface area contributed by atoms with Crippen LogP contribution >= 0.6 is 15.9 Å². The lowest BCUT2D eigenvalue weighted by atomic mass is 10.2. The summed E-state index contributed by atoms with van der Waals surface area (Å²) in [7, 11) is 0. The molecule has 0 aliphatic rings. The molecule has 0 radical (unpaired) electrons. The van der Waals surface area contributed by atoms with E-state index in [-0.39, 0.29) is 23.3 Å². The molecule has 1 N–H and O–H groups in total. The number of ether oxygens (including phenoxy) is 1. The molecule has 3 rings (SSSR count). The highest BCUT2D eigenvalue weighted by molar-refractivity contribution is 9.10. The first-order valence-corrected chi connectivity index (χ1v) is 9.92. The molecule has 3 aromatic rings. The van der Waals surface area contributed by atoms with Crippen molar-refractivity contribution in [3.05, 3.63) is 64.1 Å². The van der Waals surface area contributed by atoms with Crippen LogP contribution < -0.4 is 10.1 Å². The van der Waals surface area contributed by atoms with Gasteiger partial charge in [-0.1, -0.05) is 19.0 Å². The van der Waals surface area contributed by atoms with Crippen LogP contribution in [-0.2, 0) is 6.42 Å². The molecular weight excluding hydrogens is 443 g/mol. The summed E-state index contributed by atoms with van der Waals surface area (Å²) in [5.41, 5.74) is 0.281. The van der Waals surface area contributed by atoms with Gasteiger partial charge in [0.2, 0.25) is 11.8 Å². The zero-order valence-electron chi connectivity index (χ0n) is 16.0. The van der Waals surface area contributed by atoms with Gasteiger partial charge in [-0.15, -0.1) is 0 Å². The van der Waals surface area contributed by atoms with Gasteiger partial charge in [0.15, 0.2) is 5.82 Å². The van der Waals surface area contributed by atoms with E-state index in [2.05, 4.69) is 36.4 Å². The first kappa shape index (κ1) is 20.9. The van der Waals surface area contributed by atoms with Gasteiger partial charge in [0.1, 0.15) is 17.1 Å². The minimum atomic E-state index is -0.398. The van der Waals surface area contributed by atoms with E-state index in [0.717, 1.165) is 0 Å². The lowest BCUT2D eigenvalue weighted by Gasteiger charge is -2.11. The third-order valence-electron chi connectivity index (χ3n) is 3.97. The van der Waals surface area contributed by atoms with Crippen molar-refractivity contribution in [2.24, 2.45) is 0 Å². The second-order valence-corrected chi connectivity index (χ2v) is 7.45. The number of hydrogen-bond donors (Lipinski definition) is 1. The van der Waals surface area contributed by atoms with E-state index in [1.54, 1.807) is 12.1 Å². The molecule has 0 fully saturated rings. The molecule has 1 amide bonds. The normalized spacial score (nSPS) is 10.9. The van der Waals surface area contributed by atoms with E-state index in [1.807, 2.05) is 13.8 Å². The standard InChI is InChI=1S/C20H20BrFN4O3/c1-12(2)18-25-17(29-26-18)6-4-9-23-19(27)14-5-3-10-24-20(14)28-16-8-7-13(22)11-15(16)21/h3,5,7-8,10-12H,4,6,9H2,1-2H3,(H,23,27). The Morgan fingerprint density at radius 1 is 1.34 bits per heavy atom. The fourth-order valence-corrected chi connectivity index (χ4v) is 2.88. The van der Waals surface area contributed by atoms with Crippen LogP contribution in [0.15, 0.2) is 45.5 Å². The molecule has 0 saturated heterocycles. The highest BCUT2D eigenvalue weighted by Gasteiger charge is 2.16. The summed E-state index contributed by atoms with van der Waals surface area (Å²) in [6.45, 7) is 4.41. The number of nitrogens with zero attached hydrogens (tertiary/aromatic N) is 3. The number of nitrogens with one attached hydrogen (secondary N) is 1. The Morgan fingerprint density at radius 3 is 2.90 bits per heavy atom. The fraction of sp³-hybridized carbons (Fsp3) is 0.300. The zero-order valence-corrected chi connectivity index (χ0v) is 17.6. The molecule has 9 heteroatoms. The summed E-state index contributed by atoms with van der Waals surface area (Å²) in [5, 5.41) is 6.74. The van der Waals surface area contributed by atoms with Crippen LogP contribution in [0.25, 0.3) is 0 Å². The van der Waals surface area contributed by atoms with Crippen molar-refractivity contribution in [2.45, 2.75) is 32.6 Å². The van der Waals surface area contributed by atoms with E-state index in [1.165, 1.54) is 24.4 Å². The smallest absolute Gasteiger partial charge is 0.256 e. The number of halogens is 2. The Morgan fingerprint density at radius 2 is 2.17 bits per heavy atom. The van der Waals surface area contributed by atoms with Crippen LogP contribution in [0.3, 0.4) is 0 Å². The number of hydrogen-bond acceptors (Lipinski definition) is 6. The maximum atomic E-state index is 13.2. The predicted molar refractivity (Wildman–Crippen MR) is 107 cm³/mol. The molecule has 152 valence electrons. The average Bonchev–Trinajstić information content (AvgIpc) is 3.17. The maximum absolute atomic E-state index is 13.2. The quantitative estimate of drug-likeness (QED) is 0.490. The summed E-state index contributed by atoms with van der Waals surface area (Å²) in [6, 6.07) is 7.27. The Bertz CT molecular complexity index is 993. The molecule has 0 atom stereocenters. The molecule has 0 bridgehead atoms. The Labute approximate surface area is 175 Å². The van der Waals surface area contributed by atoms with Gasteiger partial charge >= 0.3 is 0 Å². The van der Waals surface area contributed by atoms with Gasteiger partial charge in [-0.2, -0.15) is 4.98 Å². The number of aromatic nitrogens is 3. The fourth-order valence-electron chi connectivity index (χ4n) is 2.45. The summed E-state index contributed by atoms with van der Waals surface area (Å²) in [4.78, 5) is 21.0. The number of carbonyl (C=O) groups excluding carboxylic acids is 1. The highest BCUT2D eigenvalue weighted by atomic mass is 79.9. The minimum absolute atomic E-state index is 0.135. The van der Waals surface area contributed by atoms with Gasteiger partial charge in [-0.3, -0.25) is 4.79 Å². The monoisotopic (exact) mass is 462 g/mol. The molecular formula is C20H20BrFN4O3. The van der Waals surface area contributed by atoms with Gasteiger partial charge in [0.05, 0.1) is 4.47 Å². The van der Waals surface area contributed by atoms with Gasteiger partial charge < -0.3 is 14.6 Å². The van der Waals surface area contributed by atoms with E-state index in [9.17, 15) is 9.18 Å². The molecule has 0 unspecified atom stereocenters. The SMILES string of the molecule is CC(C)c1noc(CCCNC(=O)c2cccnc2Oc2ccc(F)cc2Br)n1. The van der Waals surface area contributed by atoms with Crippen LogP contribution in [0.1, 0.15) is 48.3 Å². The van der Waals surface area contributed by atoms with Crippen molar-refractivity contribution >= 4 is 21.8 Å². The molecule has 2 heterocycles. The molecule has 2 aromatic heterocycles. The first-order valence-electron chi connectivity index (χ1n) is 9.12. The number of rotatable bonds is 8. The number of carbonyl (C=O) groups is 1. The van der Waals surface area contributed by atoms with Crippen LogP contribution in [0.4, 0.5) is 4.39 Å². The topological polar surface area (TPSA) is 90.1 Å². The summed E-state index contributed by atoms with van der Waals surface area (Å²) in [5.74, 6) is 1.21. The molecule has 1 aromatic carbocycles. The number of amides is 1. The minimum Gasteiger partial charge on any atom is -0.437 e. The average molecular weight is 463 g/mol. The Hall–Kier alpha value is -2.81. The summed E-state index contributed by atoms with van der Waals surface area (Å²) in [6.07, 6.45) is 2.73. The lowest BCUT2D eigenvalue weighted by Crippen LogP contribution is -2.25. The molecule has 0 saturated carbocycles. The van der Waals surface area contributed by atoms with Crippen molar-refractivity contribution < 1.29 is 18.4 Å².